The highest BCUT2D eigenvalue weighted by Gasteiger charge is 2.01. The van der Waals surface area contributed by atoms with Gasteiger partial charge in [0, 0.05) is 17.6 Å². The lowest BCUT2D eigenvalue weighted by molar-refractivity contribution is 0.0760. The van der Waals surface area contributed by atoms with E-state index in [4.69, 9.17) is 9.47 Å². The van der Waals surface area contributed by atoms with Gasteiger partial charge in [-0.25, -0.2) is 0 Å². The lowest BCUT2D eigenvalue weighted by Crippen LogP contribution is -2.16. The van der Waals surface area contributed by atoms with Gasteiger partial charge in [-0.2, -0.15) is 0 Å². The minimum Gasteiger partial charge on any atom is -0.497 e. The van der Waals surface area contributed by atoms with Crippen LogP contribution in [0.3, 0.4) is 0 Å². The zero-order chi connectivity index (χ0) is 14.1. The quantitative estimate of drug-likeness (QED) is 0.700. The predicted octanol–water partition coefficient (Wildman–Crippen LogP) is 3.75. The van der Waals surface area contributed by atoms with E-state index >= 15 is 0 Å². The van der Waals surface area contributed by atoms with Gasteiger partial charge in [0.15, 0.2) is 0 Å². The van der Waals surface area contributed by atoms with Crippen LogP contribution in [-0.4, -0.2) is 26.4 Å². The number of methoxy groups -OCH3 is 1. The number of benzene rings is 1. The molecule has 3 nitrogen and oxygen atoms in total. The number of rotatable bonds is 9. The second kappa shape index (κ2) is 9.34. The molecular weight excluding hydrogens is 306 g/mol. The molecule has 1 rings (SSSR count). The summed E-state index contributed by atoms with van der Waals surface area (Å²) in [5.41, 5.74) is 1.22. The zero-order valence-electron chi connectivity index (χ0n) is 12.0. The molecule has 19 heavy (non-hydrogen) atoms. The Morgan fingerprint density at radius 2 is 2.05 bits per heavy atom. The lowest BCUT2D eigenvalue weighted by atomic mass is 10.2. The van der Waals surface area contributed by atoms with Crippen LogP contribution in [0.25, 0.3) is 0 Å². The van der Waals surface area contributed by atoms with Crippen LogP contribution >= 0.6 is 15.9 Å². The summed E-state index contributed by atoms with van der Waals surface area (Å²) in [7, 11) is 1.69. The smallest absolute Gasteiger partial charge is 0.119 e. The number of nitrogens with one attached hydrogen (secondary N) is 1. The topological polar surface area (TPSA) is 30.5 Å². The van der Waals surface area contributed by atoms with Crippen LogP contribution < -0.4 is 10.1 Å². The summed E-state index contributed by atoms with van der Waals surface area (Å²) in [5.74, 6) is 0.894. The highest BCUT2D eigenvalue weighted by Crippen LogP contribution is 2.22. The summed E-state index contributed by atoms with van der Waals surface area (Å²) in [6.45, 7) is 6.84. The zero-order valence-corrected chi connectivity index (χ0v) is 13.6. The maximum atomic E-state index is 5.50. The molecule has 0 atom stereocenters. The van der Waals surface area contributed by atoms with Crippen LogP contribution in [0.15, 0.2) is 22.7 Å². The van der Waals surface area contributed by atoms with Crippen molar-refractivity contribution in [3.63, 3.8) is 0 Å². The normalized spacial score (nSPS) is 11.0. The first-order chi connectivity index (χ1) is 9.13. The number of halogens is 1. The molecule has 0 aromatic heterocycles. The minimum absolute atomic E-state index is 0.334. The van der Waals surface area contributed by atoms with Gasteiger partial charge in [0.25, 0.3) is 0 Å². The molecule has 1 N–H and O–H groups in total. The first-order valence-corrected chi connectivity index (χ1v) is 7.57. The first kappa shape index (κ1) is 16.5. The Morgan fingerprint density at radius 3 is 2.74 bits per heavy atom. The summed E-state index contributed by atoms with van der Waals surface area (Å²) < 4.78 is 11.8. The molecule has 4 heteroatoms. The van der Waals surface area contributed by atoms with Gasteiger partial charge in [-0.15, -0.1) is 0 Å². The van der Waals surface area contributed by atoms with Gasteiger partial charge in [-0.05, 0) is 57.0 Å². The first-order valence-electron chi connectivity index (χ1n) is 6.78. The van der Waals surface area contributed by atoms with Gasteiger partial charge in [-0.1, -0.05) is 15.9 Å². The second-order valence-corrected chi connectivity index (χ2v) is 5.62. The standard InChI is InChI=1S/C15H24BrNO2/c1-12(2)19-9-5-4-8-17-11-13-10-14(18-3)6-7-15(13)16/h6-7,10,12,17H,4-5,8-9,11H2,1-3H3. The van der Waals surface area contributed by atoms with Crippen LogP contribution in [-0.2, 0) is 11.3 Å². The van der Waals surface area contributed by atoms with Gasteiger partial charge in [-0.3, -0.25) is 0 Å². The van der Waals surface area contributed by atoms with Crippen molar-refractivity contribution in [3.8, 4) is 5.75 Å². The molecule has 0 aliphatic rings. The molecule has 0 fully saturated rings. The fourth-order valence-corrected chi connectivity index (χ4v) is 2.09. The molecule has 0 aliphatic carbocycles. The van der Waals surface area contributed by atoms with Crippen molar-refractivity contribution < 1.29 is 9.47 Å². The largest absolute Gasteiger partial charge is 0.497 e. The summed E-state index contributed by atoms with van der Waals surface area (Å²) in [6, 6.07) is 6.03. The van der Waals surface area contributed by atoms with Crippen molar-refractivity contribution >= 4 is 15.9 Å². The molecular formula is C15H24BrNO2. The van der Waals surface area contributed by atoms with E-state index in [1.807, 2.05) is 12.1 Å². The Labute approximate surface area is 124 Å². The molecule has 0 saturated carbocycles. The van der Waals surface area contributed by atoms with E-state index in [1.54, 1.807) is 7.11 Å². The molecule has 0 heterocycles. The van der Waals surface area contributed by atoms with E-state index in [1.165, 1.54) is 5.56 Å². The molecule has 108 valence electrons. The van der Waals surface area contributed by atoms with Crippen LogP contribution in [0, 0.1) is 0 Å². The molecule has 1 aromatic carbocycles. The SMILES string of the molecule is COc1ccc(Br)c(CNCCCCOC(C)C)c1. The van der Waals surface area contributed by atoms with Crippen LogP contribution in [0.5, 0.6) is 5.75 Å². The van der Waals surface area contributed by atoms with Gasteiger partial charge < -0.3 is 14.8 Å². The minimum atomic E-state index is 0.334. The van der Waals surface area contributed by atoms with E-state index in [0.717, 1.165) is 42.8 Å². The predicted molar refractivity (Wildman–Crippen MR) is 82.7 cm³/mol. The van der Waals surface area contributed by atoms with Crippen LogP contribution in [0.1, 0.15) is 32.3 Å². The fraction of sp³-hybridized carbons (Fsp3) is 0.600. The summed E-state index contributed by atoms with van der Waals surface area (Å²) in [6.07, 6.45) is 2.57. The summed E-state index contributed by atoms with van der Waals surface area (Å²) >= 11 is 3.55. The number of unbranched alkanes of at least 4 members (excludes halogenated alkanes) is 1. The molecule has 1 aromatic rings. The van der Waals surface area contributed by atoms with Gasteiger partial charge in [0.05, 0.1) is 13.2 Å². The van der Waals surface area contributed by atoms with Crippen LogP contribution in [0.2, 0.25) is 0 Å². The Bertz CT molecular complexity index is 369. The van der Waals surface area contributed by atoms with Gasteiger partial charge >= 0.3 is 0 Å². The third-order valence-electron chi connectivity index (χ3n) is 2.77. The molecule has 0 saturated heterocycles. The maximum Gasteiger partial charge on any atom is 0.119 e. The Balaban J connectivity index is 2.18. The monoisotopic (exact) mass is 329 g/mol. The Kier molecular flexibility index (Phi) is 8.10. The highest BCUT2D eigenvalue weighted by atomic mass is 79.9. The van der Waals surface area contributed by atoms with Crippen molar-refractivity contribution in [2.24, 2.45) is 0 Å². The van der Waals surface area contributed by atoms with E-state index in [9.17, 15) is 0 Å². The van der Waals surface area contributed by atoms with Crippen molar-refractivity contribution in [3.05, 3.63) is 28.2 Å². The molecule has 0 spiro atoms. The molecule has 0 radical (unpaired) electrons. The van der Waals surface area contributed by atoms with E-state index in [-0.39, 0.29) is 0 Å². The number of hydrogen-bond donors (Lipinski definition) is 1. The number of ether oxygens (including phenoxy) is 2. The molecule has 0 amide bonds. The summed E-state index contributed by atoms with van der Waals surface area (Å²) in [4.78, 5) is 0. The maximum absolute atomic E-state index is 5.50. The highest BCUT2D eigenvalue weighted by molar-refractivity contribution is 9.10. The van der Waals surface area contributed by atoms with Crippen molar-refractivity contribution in [1.29, 1.82) is 0 Å². The molecule has 0 aliphatic heterocycles. The average Bonchev–Trinajstić information content (AvgIpc) is 2.39. The second-order valence-electron chi connectivity index (χ2n) is 4.76. The van der Waals surface area contributed by atoms with Gasteiger partial charge in [0.1, 0.15) is 5.75 Å². The average molecular weight is 330 g/mol. The Morgan fingerprint density at radius 1 is 1.26 bits per heavy atom. The van der Waals surface area contributed by atoms with Gasteiger partial charge in [0.2, 0.25) is 0 Å². The lowest BCUT2D eigenvalue weighted by Gasteiger charge is -2.10. The fourth-order valence-electron chi connectivity index (χ4n) is 1.71. The van der Waals surface area contributed by atoms with E-state index in [2.05, 4.69) is 41.2 Å². The van der Waals surface area contributed by atoms with E-state index in [0.29, 0.717) is 6.10 Å². The van der Waals surface area contributed by atoms with E-state index < -0.39 is 0 Å². The Hall–Kier alpha value is -0.580. The third kappa shape index (κ3) is 6.95. The molecule has 0 bridgehead atoms. The third-order valence-corrected chi connectivity index (χ3v) is 3.54. The molecule has 0 unspecified atom stereocenters. The number of hydrogen-bond acceptors (Lipinski definition) is 3. The van der Waals surface area contributed by atoms with Crippen LogP contribution in [0.4, 0.5) is 0 Å². The van der Waals surface area contributed by atoms with Crippen molar-refractivity contribution in [1.82, 2.24) is 5.32 Å². The van der Waals surface area contributed by atoms with Crippen molar-refractivity contribution in [2.45, 2.75) is 39.3 Å². The summed E-state index contributed by atoms with van der Waals surface area (Å²) in [5, 5.41) is 3.44. The van der Waals surface area contributed by atoms with Crippen molar-refractivity contribution in [2.75, 3.05) is 20.3 Å².